The highest BCUT2D eigenvalue weighted by Crippen LogP contribution is 2.22. The van der Waals surface area contributed by atoms with Gasteiger partial charge >= 0.3 is 0 Å². The lowest BCUT2D eigenvalue weighted by Crippen LogP contribution is -2.31. The first-order chi connectivity index (χ1) is 13.9. The molecule has 0 saturated carbocycles. The number of halogens is 1. The van der Waals surface area contributed by atoms with Gasteiger partial charge in [0.25, 0.3) is 0 Å². The van der Waals surface area contributed by atoms with Gasteiger partial charge in [0.2, 0.25) is 15.9 Å². The lowest BCUT2D eigenvalue weighted by molar-refractivity contribution is -0.115. The Bertz CT molecular complexity index is 953. The zero-order valence-electron chi connectivity index (χ0n) is 16.4. The quantitative estimate of drug-likeness (QED) is 0.775. The fourth-order valence-electron chi connectivity index (χ4n) is 3.35. The van der Waals surface area contributed by atoms with E-state index in [1.807, 2.05) is 0 Å². The standard InChI is InChI=1S/C21H25FN2O4S/c1-28-20-11-6-16(14-19(20)22)15-21(25)23-17-7-9-18(10-8-17)29(26,27)24-12-4-2-3-5-13-24/h6-11,14H,2-5,12-13,15H2,1H3,(H,23,25). The van der Waals surface area contributed by atoms with Gasteiger partial charge < -0.3 is 10.1 Å². The molecule has 0 bridgehead atoms. The molecule has 1 N–H and O–H groups in total. The van der Waals surface area contributed by atoms with E-state index < -0.39 is 15.8 Å². The van der Waals surface area contributed by atoms with Gasteiger partial charge in [0.15, 0.2) is 11.6 Å². The molecule has 0 spiro atoms. The van der Waals surface area contributed by atoms with Crippen LogP contribution in [0.25, 0.3) is 0 Å². The molecule has 1 saturated heterocycles. The summed E-state index contributed by atoms with van der Waals surface area (Å²) >= 11 is 0. The highest BCUT2D eigenvalue weighted by Gasteiger charge is 2.25. The number of nitrogens with one attached hydrogen (secondary N) is 1. The van der Waals surface area contributed by atoms with E-state index in [-0.39, 0.29) is 23.0 Å². The maximum absolute atomic E-state index is 13.7. The van der Waals surface area contributed by atoms with E-state index in [9.17, 15) is 17.6 Å². The van der Waals surface area contributed by atoms with Gasteiger partial charge in [-0.1, -0.05) is 18.9 Å². The minimum atomic E-state index is -3.52. The van der Waals surface area contributed by atoms with E-state index >= 15 is 0 Å². The van der Waals surface area contributed by atoms with E-state index in [0.29, 0.717) is 24.3 Å². The molecule has 0 atom stereocenters. The summed E-state index contributed by atoms with van der Waals surface area (Å²) in [5.41, 5.74) is 1.000. The van der Waals surface area contributed by atoms with Gasteiger partial charge in [0, 0.05) is 18.8 Å². The summed E-state index contributed by atoms with van der Waals surface area (Å²) in [4.78, 5) is 12.4. The Balaban J connectivity index is 1.64. The minimum Gasteiger partial charge on any atom is -0.494 e. The van der Waals surface area contributed by atoms with Gasteiger partial charge in [-0.05, 0) is 54.8 Å². The number of ether oxygens (including phenoxy) is 1. The smallest absolute Gasteiger partial charge is 0.243 e. The first kappa shape index (κ1) is 21.3. The molecule has 1 heterocycles. The van der Waals surface area contributed by atoms with Crippen LogP contribution in [0, 0.1) is 5.82 Å². The Morgan fingerprint density at radius 2 is 1.72 bits per heavy atom. The summed E-state index contributed by atoms with van der Waals surface area (Å²) in [6.45, 7) is 1.08. The maximum atomic E-state index is 13.7. The molecule has 2 aromatic carbocycles. The fourth-order valence-corrected chi connectivity index (χ4v) is 4.87. The van der Waals surface area contributed by atoms with Gasteiger partial charge in [-0.15, -0.1) is 0 Å². The van der Waals surface area contributed by atoms with Crippen molar-refractivity contribution in [2.45, 2.75) is 37.0 Å². The highest BCUT2D eigenvalue weighted by molar-refractivity contribution is 7.89. The number of anilines is 1. The van der Waals surface area contributed by atoms with Crippen LogP contribution in [0.2, 0.25) is 0 Å². The highest BCUT2D eigenvalue weighted by atomic mass is 32.2. The molecule has 3 rings (SSSR count). The second-order valence-electron chi connectivity index (χ2n) is 7.04. The van der Waals surface area contributed by atoms with Gasteiger partial charge in [0.1, 0.15) is 0 Å². The van der Waals surface area contributed by atoms with Crippen LogP contribution in [-0.4, -0.2) is 38.8 Å². The third kappa shape index (κ3) is 5.33. The summed E-state index contributed by atoms with van der Waals surface area (Å²) in [7, 11) is -2.15. The van der Waals surface area contributed by atoms with E-state index in [4.69, 9.17) is 4.74 Å². The first-order valence-corrected chi connectivity index (χ1v) is 11.1. The summed E-state index contributed by atoms with van der Waals surface area (Å²) in [5, 5.41) is 2.71. The van der Waals surface area contributed by atoms with Crippen LogP contribution in [0.15, 0.2) is 47.4 Å². The summed E-state index contributed by atoms with van der Waals surface area (Å²) in [5.74, 6) is -0.728. The molecule has 0 aliphatic carbocycles. The average Bonchev–Trinajstić information content (AvgIpc) is 2.98. The average molecular weight is 421 g/mol. The molecule has 0 aromatic heterocycles. The molecule has 0 radical (unpaired) electrons. The number of nitrogens with zero attached hydrogens (tertiary/aromatic N) is 1. The van der Waals surface area contributed by atoms with E-state index in [1.54, 1.807) is 18.2 Å². The predicted molar refractivity (Wildman–Crippen MR) is 109 cm³/mol. The molecule has 29 heavy (non-hydrogen) atoms. The Hall–Kier alpha value is -2.45. The molecule has 156 valence electrons. The van der Waals surface area contributed by atoms with Crippen molar-refractivity contribution in [3.8, 4) is 5.75 Å². The molecule has 6 nitrogen and oxygen atoms in total. The van der Waals surface area contributed by atoms with Crippen molar-refractivity contribution in [1.29, 1.82) is 0 Å². The largest absolute Gasteiger partial charge is 0.494 e. The first-order valence-electron chi connectivity index (χ1n) is 9.62. The third-order valence-electron chi connectivity index (χ3n) is 4.92. The summed E-state index contributed by atoms with van der Waals surface area (Å²) in [6, 6.07) is 10.5. The van der Waals surface area contributed by atoms with Crippen molar-refractivity contribution < 1.29 is 22.3 Å². The van der Waals surface area contributed by atoms with Gasteiger partial charge in [0.05, 0.1) is 18.4 Å². The zero-order chi connectivity index (χ0) is 20.9. The number of hydrogen-bond donors (Lipinski definition) is 1. The number of rotatable bonds is 6. The SMILES string of the molecule is COc1ccc(CC(=O)Nc2ccc(S(=O)(=O)N3CCCCCC3)cc2)cc1F. The number of sulfonamides is 1. The summed E-state index contributed by atoms with van der Waals surface area (Å²) < 4.78 is 45.7. The lowest BCUT2D eigenvalue weighted by atomic mass is 10.1. The monoisotopic (exact) mass is 420 g/mol. The Morgan fingerprint density at radius 1 is 1.07 bits per heavy atom. The number of hydrogen-bond acceptors (Lipinski definition) is 4. The lowest BCUT2D eigenvalue weighted by Gasteiger charge is -2.20. The topological polar surface area (TPSA) is 75.7 Å². The van der Waals surface area contributed by atoms with Crippen LogP contribution in [0.5, 0.6) is 5.75 Å². The number of carbonyl (C=O) groups is 1. The minimum absolute atomic E-state index is 0.00522. The maximum Gasteiger partial charge on any atom is 0.243 e. The van der Waals surface area contributed by atoms with Crippen LogP contribution < -0.4 is 10.1 Å². The van der Waals surface area contributed by atoms with Crippen LogP contribution >= 0.6 is 0 Å². The van der Waals surface area contributed by atoms with E-state index in [0.717, 1.165) is 25.7 Å². The van der Waals surface area contributed by atoms with Crippen molar-refractivity contribution in [3.05, 3.63) is 53.8 Å². The second-order valence-corrected chi connectivity index (χ2v) is 8.97. The second kappa shape index (κ2) is 9.37. The number of methoxy groups -OCH3 is 1. The van der Waals surface area contributed by atoms with E-state index in [1.165, 1.54) is 35.7 Å². The molecule has 1 aliphatic rings. The van der Waals surface area contributed by atoms with Crippen LogP contribution in [0.4, 0.5) is 10.1 Å². The number of benzene rings is 2. The normalized spacial score (nSPS) is 15.5. The fraction of sp³-hybridized carbons (Fsp3) is 0.381. The molecular formula is C21H25FN2O4S. The molecule has 1 aliphatic heterocycles. The Labute approximate surface area is 170 Å². The van der Waals surface area contributed by atoms with E-state index in [2.05, 4.69) is 5.32 Å². The molecular weight excluding hydrogens is 395 g/mol. The van der Waals surface area contributed by atoms with Crippen molar-refractivity contribution in [1.82, 2.24) is 4.31 Å². The molecule has 0 unspecified atom stereocenters. The van der Waals surface area contributed by atoms with Crippen molar-refractivity contribution in [2.24, 2.45) is 0 Å². The van der Waals surface area contributed by atoms with Crippen LogP contribution in [-0.2, 0) is 21.2 Å². The van der Waals surface area contributed by atoms with Crippen molar-refractivity contribution in [2.75, 3.05) is 25.5 Å². The Morgan fingerprint density at radius 3 is 2.31 bits per heavy atom. The van der Waals surface area contributed by atoms with Gasteiger partial charge in [-0.25, -0.2) is 12.8 Å². The number of carbonyl (C=O) groups excluding carboxylic acids is 1. The molecule has 1 fully saturated rings. The van der Waals surface area contributed by atoms with Crippen molar-refractivity contribution in [3.63, 3.8) is 0 Å². The molecule has 2 aromatic rings. The third-order valence-corrected chi connectivity index (χ3v) is 6.83. The van der Waals surface area contributed by atoms with Gasteiger partial charge in [-0.3, -0.25) is 4.79 Å². The molecule has 8 heteroatoms. The molecule has 1 amide bonds. The Kier molecular flexibility index (Phi) is 6.87. The summed E-state index contributed by atoms with van der Waals surface area (Å²) in [6.07, 6.45) is 3.84. The van der Waals surface area contributed by atoms with Crippen LogP contribution in [0.3, 0.4) is 0 Å². The van der Waals surface area contributed by atoms with Crippen LogP contribution in [0.1, 0.15) is 31.2 Å². The van der Waals surface area contributed by atoms with Gasteiger partial charge in [-0.2, -0.15) is 4.31 Å². The van der Waals surface area contributed by atoms with Crippen molar-refractivity contribution >= 4 is 21.6 Å². The predicted octanol–water partition coefficient (Wildman–Crippen LogP) is 3.58. The zero-order valence-corrected chi connectivity index (χ0v) is 17.2. The number of amides is 1.